The van der Waals surface area contributed by atoms with Crippen LogP contribution in [0.2, 0.25) is 5.02 Å². The van der Waals surface area contributed by atoms with Crippen LogP contribution in [0.5, 0.6) is 0 Å². The zero-order valence-electron chi connectivity index (χ0n) is 17.4. The van der Waals surface area contributed by atoms with Crippen LogP contribution in [0.1, 0.15) is 36.3 Å². The number of H-pyrrole nitrogens is 1. The second-order valence-corrected chi connectivity index (χ2v) is 8.50. The van der Waals surface area contributed by atoms with E-state index < -0.39 is 23.3 Å². The Morgan fingerprint density at radius 1 is 1.25 bits per heavy atom. The number of nitrogens with one attached hydrogen (secondary N) is 3. The molecule has 0 spiro atoms. The number of benzene rings is 1. The van der Waals surface area contributed by atoms with Gasteiger partial charge in [0.15, 0.2) is 0 Å². The molecular formula is C21H23ClN6O4. The Bertz CT molecular complexity index is 1160. The van der Waals surface area contributed by atoms with Gasteiger partial charge in [-0.3, -0.25) is 24.2 Å². The molecule has 1 unspecified atom stereocenters. The lowest BCUT2D eigenvalue weighted by Gasteiger charge is -2.32. The first-order valence-corrected chi connectivity index (χ1v) is 10.7. The van der Waals surface area contributed by atoms with Crippen molar-refractivity contribution in [2.24, 2.45) is 11.7 Å². The van der Waals surface area contributed by atoms with Gasteiger partial charge in [0.25, 0.3) is 5.56 Å². The van der Waals surface area contributed by atoms with Gasteiger partial charge in [0.05, 0.1) is 22.2 Å². The molecule has 168 valence electrons. The molecule has 2 aromatic rings. The van der Waals surface area contributed by atoms with Crippen LogP contribution in [0.4, 0.5) is 17.5 Å². The average Bonchev–Trinajstić information content (AvgIpc) is 2.74. The standard InChI is InChI=1S/C21H23ClN6O4/c1-10-2-3-14(13(22)8-10)24-19(31)12-9-15(29)25-18-16(12)20(32)27-21(26-18)28-6-4-11(5-7-28)17(23)30/h2-3,8,11-12H,4-7,9H2,1H3,(H2,23,30)(H,24,31)(H2,25,26,27,29,32). The molecule has 3 heterocycles. The molecule has 32 heavy (non-hydrogen) atoms. The summed E-state index contributed by atoms with van der Waals surface area (Å²) in [6, 6.07) is 5.17. The van der Waals surface area contributed by atoms with Gasteiger partial charge in [0.2, 0.25) is 23.7 Å². The molecule has 0 bridgehead atoms. The predicted molar refractivity (Wildman–Crippen MR) is 120 cm³/mol. The number of nitrogens with zero attached hydrogens (tertiary/aromatic N) is 2. The van der Waals surface area contributed by atoms with E-state index in [0.29, 0.717) is 36.6 Å². The van der Waals surface area contributed by atoms with E-state index in [1.54, 1.807) is 18.2 Å². The Hall–Kier alpha value is -3.40. The predicted octanol–water partition coefficient (Wildman–Crippen LogP) is 1.50. The van der Waals surface area contributed by atoms with Crippen molar-refractivity contribution in [3.05, 3.63) is 44.7 Å². The van der Waals surface area contributed by atoms with E-state index in [1.807, 2.05) is 11.8 Å². The van der Waals surface area contributed by atoms with Crippen molar-refractivity contribution in [2.45, 2.75) is 32.1 Å². The molecule has 0 radical (unpaired) electrons. The second-order valence-electron chi connectivity index (χ2n) is 8.09. The fraction of sp³-hybridized carbons (Fsp3) is 0.381. The summed E-state index contributed by atoms with van der Waals surface area (Å²) in [6.07, 6.45) is 0.909. The maximum atomic E-state index is 13.0. The number of aromatic amines is 1. The number of primary amides is 1. The Balaban J connectivity index is 1.60. The van der Waals surface area contributed by atoms with Crippen molar-refractivity contribution < 1.29 is 14.4 Å². The van der Waals surface area contributed by atoms with Crippen molar-refractivity contribution >= 4 is 46.8 Å². The van der Waals surface area contributed by atoms with Gasteiger partial charge >= 0.3 is 0 Å². The monoisotopic (exact) mass is 458 g/mol. The van der Waals surface area contributed by atoms with Crippen molar-refractivity contribution in [3.8, 4) is 0 Å². The molecule has 1 saturated heterocycles. The number of hydrogen-bond acceptors (Lipinski definition) is 6. The molecule has 2 aliphatic rings. The van der Waals surface area contributed by atoms with Crippen LogP contribution < -0.4 is 26.8 Å². The Kier molecular flexibility index (Phi) is 5.88. The third-order valence-electron chi connectivity index (χ3n) is 5.83. The first-order chi connectivity index (χ1) is 15.2. The van der Waals surface area contributed by atoms with Gasteiger partial charge in [0, 0.05) is 25.4 Å². The van der Waals surface area contributed by atoms with Gasteiger partial charge in [-0.25, -0.2) is 0 Å². The smallest absolute Gasteiger partial charge is 0.258 e. The molecule has 11 heteroatoms. The normalized spacial score (nSPS) is 18.6. The first-order valence-electron chi connectivity index (χ1n) is 10.3. The number of carbonyl (C=O) groups is 3. The largest absolute Gasteiger partial charge is 0.369 e. The minimum absolute atomic E-state index is 0.0622. The van der Waals surface area contributed by atoms with E-state index in [9.17, 15) is 19.2 Å². The number of hydrogen-bond donors (Lipinski definition) is 4. The fourth-order valence-corrected chi connectivity index (χ4v) is 4.33. The van der Waals surface area contributed by atoms with Crippen molar-refractivity contribution in [1.82, 2.24) is 9.97 Å². The highest BCUT2D eigenvalue weighted by atomic mass is 35.5. The topological polar surface area (TPSA) is 150 Å². The van der Waals surface area contributed by atoms with Gasteiger partial charge in [-0.2, -0.15) is 4.98 Å². The molecule has 0 saturated carbocycles. The number of aromatic nitrogens is 2. The molecule has 10 nitrogen and oxygen atoms in total. The summed E-state index contributed by atoms with van der Waals surface area (Å²) in [4.78, 5) is 58.5. The zero-order chi connectivity index (χ0) is 23.0. The van der Waals surface area contributed by atoms with E-state index in [1.165, 1.54) is 0 Å². The SMILES string of the molecule is Cc1ccc(NC(=O)C2CC(=O)Nc3nc(N4CCC(C(N)=O)CC4)[nH]c(=O)c32)c(Cl)c1. The number of anilines is 3. The number of halogens is 1. The number of piperidine rings is 1. The third kappa shape index (κ3) is 4.31. The van der Waals surface area contributed by atoms with Gasteiger partial charge in [-0.05, 0) is 37.5 Å². The highest BCUT2D eigenvalue weighted by molar-refractivity contribution is 6.33. The minimum atomic E-state index is -1.01. The molecule has 2 aliphatic heterocycles. The molecule has 5 N–H and O–H groups in total. The minimum Gasteiger partial charge on any atom is -0.369 e. The summed E-state index contributed by atoms with van der Waals surface area (Å²) in [7, 11) is 0. The van der Waals surface area contributed by atoms with Crippen molar-refractivity contribution in [1.29, 1.82) is 0 Å². The van der Waals surface area contributed by atoms with Crippen LogP contribution in [0.15, 0.2) is 23.0 Å². The number of rotatable bonds is 4. The highest BCUT2D eigenvalue weighted by Crippen LogP contribution is 2.32. The number of fused-ring (bicyclic) bond motifs is 1. The lowest BCUT2D eigenvalue weighted by molar-refractivity contribution is -0.123. The molecule has 1 fully saturated rings. The number of amides is 3. The summed E-state index contributed by atoms with van der Waals surface area (Å²) >= 11 is 6.20. The zero-order valence-corrected chi connectivity index (χ0v) is 18.2. The van der Waals surface area contributed by atoms with Gasteiger partial charge < -0.3 is 21.3 Å². The van der Waals surface area contributed by atoms with Gasteiger partial charge in [0.1, 0.15) is 5.82 Å². The lowest BCUT2D eigenvalue weighted by atomic mass is 9.92. The van der Waals surface area contributed by atoms with Crippen LogP contribution in [0, 0.1) is 12.8 Å². The maximum absolute atomic E-state index is 13.0. The third-order valence-corrected chi connectivity index (χ3v) is 6.15. The van der Waals surface area contributed by atoms with Crippen LogP contribution in [-0.2, 0) is 14.4 Å². The average molecular weight is 459 g/mol. The van der Waals surface area contributed by atoms with Crippen LogP contribution in [0.25, 0.3) is 0 Å². The number of aryl methyl sites for hydroxylation is 1. The van der Waals surface area contributed by atoms with Gasteiger partial charge in [-0.1, -0.05) is 17.7 Å². The van der Waals surface area contributed by atoms with E-state index in [2.05, 4.69) is 20.6 Å². The molecular weight excluding hydrogens is 436 g/mol. The number of nitrogens with two attached hydrogens (primary N) is 1. The summed E-state index contributed by atoms with van der Waals surface area (Å²) in [5, 5.41) is 5.66. The Morgan fingerprint density at radius 2 is 1.97 bits per heavy atom. The van der Waals surface area contributed by atoms with Crippen LogP contribution in [-0.4, -0.2) is 40.8 Å². The summed E-state index contributed by atoms with van der Waals surface area (Å²) in [5.74, 6) is -2.16. The number of carbonyl (C=O) groups excluding carboxylic acids is 3. The molecule has 0 aliphatic carbocycles. The Labute approximate surface area is 188 Å². The van der Waals surface area contributed by atoms with Crippen LogP contribution >= 0.6 is 11.6 Å². The van der Waals surface area contributed by atoms with E-state index in [-0.39, 0.29) is 35.6 Å². The quantitative estimate of drug-likeness (QED) is 0.545. The van der Waals surface area contributed by atoms with E-state index in [0.717, 1.165) is 5.56 Å². The molecule has 3 amide bonds. The lowest BCUT2D eigenvalue weighted by Crippen LogP contribution is -2.41. The first kappa shape index (κ1) is 21.8. The maximum Gasteiger partial charge on any atom is 0.258 e. The summed E-state index contributed by atoms with van der Waals surface area (Å²) in [6.45, 7) is 2.84. The Morgan fingerprint density at radius 3 is 2.62 bits per heavy atom. The van der Waals surface area contributed by atoms with Gasteiger partial charge in [-0.15, -0.1) is 0 Å². The molecule has 1 atom stereocenters. The molecule has 1 aromatic heterocycles. The highest BCUT2D eigenvalue weighted by Gasteiger charge is 2.35. The van der Waals surface area contributed by atoms with Crippen LogP contribution in [0.3, 0.4) is 0 Å². The summed E-state index contributed by atoms with van der Waals surface area (Å²) in [5.41, 5.74) is 6.30. The summed E-state index contributed by atoms with van der Waals surface area (Å²) < 4.78 is 0. The molecule has 1 aromatic carbocycles. The molecule has 4 rings (SSSR count). The van der Waals surface area contributed by atoms with Crippen molar-refractivity contribution in [2.75, 3.05) is 28.6 Å². The van der Waals surface area contributed by atoms with E-state index >= 15 is 0 Å². The van der Waals surface area contributed by atoms with Crippen molar-refractivity contribution in [3.63, 3.8) is 0 Å². The fourth-order valence-electron chi connectivity index (χ4n) is 4.05. The van der Waals surface area contributed by atoms with E-state index in [4.69, 9.17) is 17.3 Å². The second kappa shape index (κ2) is 8.62.